The van der Waals surface area contributed by atoms with Crippen molar-refractivity contribution in [2.24, 2.45) is 0 Å². The molecule has 3 heterocycles. The van der Waals surface area contributed by atoms with Crippen molar-refractivity contribution in [1.82, 2.24) is 24.7 Å². The summed E-state index contributed by atoms with van der Waals surface area (Å²) < 4.78 is 0. The SMILES string of the molecule is O=C(CN1CCN(c2ncccn2)CC1)N1CCN(C2CCCC2)CC1. The molecule has 1 amide bonds. The van der Waals surface area contributed by atoms with Crippen molar-refractivity contribution in [1.29, 1.82) is 0 Å². The Bertz CT molecular complexity index is 575. The summed E-state index contributed by atoms with van der Waals surface area (Å²) in [5.41, 5.74) is 0. The van der Waals surface area contributed by atoms with E-state index in [1.54, 1.807) is 12.4 Å². The normalized spacial score (nSPS) is 23.5. The minimum absolute atomic E-state index is 0.292. The molecule has 1 saturated carbocycles. The van der Waals surface area contributed by atoms with Gasteiger partial charge in [0.1, 0.15) is 0 Å². The van der Waals surface area contributed by atoms with Crippen LogP contribution in [0.15, 0.2) is 18.5 Å². The molecule has 0 atom stereocenters. The van der Waals surface area contributed by atoms with Crippen LogP contribution in [0, 0.1) is 0 Å². The van der Waals surface area contributed by atoms with E-state index in [9.17, 15) is 4.79 Å². The molecule has 0 spiro atoms. The van der Waals surface area contributed by atoms with Crippen LogP contribution in [-0.4, -0.2) is 95.5 Å². The molecule has 0 aromatic carbocycles. The molecule has 0 N–H and O–H groups in total. The number of piperazine rings is 2. The molecule has 142 valence electrons. The second kappa shape index (κ2) is 8.31. The molecule has 26 heavy (non-hydrogen) atoms. The molecule has 3 aliphatic rings. The number of hydrogen-bond donors (Lipinski definition) is 0. The van der Waals surface area contributed by atoms with Gasteiger partial charge >= 0.3 is 0 Å². The first-order valence-corrected chi connectivity index (χ1v) is 10.1. The van der Waals surface area contributed by atoms with Crippen LogP contribution in [0.25, 0.3) is 0 Å². The summed E-state index contributed by atoms with van der Waals surface area (Å²) in [5, 5.41) is 0. The number of anilines is 1. The first kappa shape index (κ1) is 17.7. The second-order valence-electron chi connectivity index (χ2n) is 7.67. The minimum Gasteiger partial charge on any atom is -0.339 e. The summed E-state index contributed by atoms with van der Waals surface area (Å²) in [5.74, 6) is 1.09. The fraction of sp³-hybridized carbons (Fsp3) is 0.737. The van der Waals surface area contributed by atoms with E-state index in [0.717, 1.165) is 64.3 Å². The second-order valence-corrected chi connectivity index (χ2v) is 7.67. The molecular formula is C19H30N6O. The molecule has 4 rings (SSSR count). The number of carbonyl (C=O) groups is 1. The molecule has 7 heteroatoms. The average molecular weight is 358 g/mol. The fourth-order valence-electron chi connectivity index (χ4n) is 4.46. The van der Waals surface area contributed by atoms with Gasteiger partial charge in [0.25, 0.3) is 0 Å². The third-order valence-electron chi connectivity index (χ3n) is 6.07. The van der Waals surface area contributed by atoms with Crippen molar-refractivity contribution in [3.05, 3.63) is 18.5 Å². The third-order valence-corrected chi connectivity index (χ3v) is 6.07. The Hall–Kier alpha value is -1.73. The Morgan fingerprint density at radius 1 is 0.923 bits per heavy atom. The zero-order valence-electron chi connectivity index (χ0n) is 15.6. The van der Waals surface area contributed by atoms with E-state index < -0.39 is 0 Å². The van der Waals surface area contributed by atoms with Crippen LogP contribution < -0.4 is 4.90 Å². The molecule has 0 bridgehead atoms. The van der Waals surface area contributed by atoms with Gasteiger partial charge in [-0.3, -0.25) is 14.6 Å². The zero-order valence-corrected chi connectivity index (χ0v) is 15.6. The number of carbonyl (C=O) groups excluding carboxylic acids is 1. The topological polar surface area (TPSA) is 55.8 Å². The molecule has 3 fully saturated rings. The predicted octanol–water partition coefficient (Wildman–Crippen LogP) is 0.685. The van der Waals surface area contributed by atoms with E-state index in [4.69, 9.17) is 0 Å². The lowest BCUT2D eigenvalue weighted by Crippen LogP contribution is -2.55. The monoisotopic (exact) mass is 358 g/mol. The van der Waals surface area contributed by atoms with Gasteiger partial charge in [-0.2, -0.15) is 0 Å². The minimum atomic E-state index is 0.292. The highest BCUT2D eigenvalue weighted by Gasteiger charge is 2.29. The van der Waals surface area contributed by atoms with Crippen molar-refractivity contribution in [3.63, 3.8) is 0 Å². The number of amides is 1. The Balaban J connectivity index is 1.20. The van der Waals surface area contributed by atoms with Gasteiger partial charge in [0.05, 0.1) is 6.54 Å². The first-order valence-electron chi connectivity index (χ1n) is 10.1. The summed E-state index contributed by atoms with van der Waals surface area (Å²) in [4.78, 5) is 30.4. The Morgan fingerprint density at radius 2 is 1.58 bits per heavy atom. The molecule has 7 nitrogen and oxygen atoms in total. The van der Waals surface area contributed by atoms with Crippen molar-refractivity contribution in [3.8, 4) is 0 Å². The van der Waals surface area contributed by atoms with E-state index in [1.165, 1.54) is 25.7 Å². The lowest BCUT2D eigenvalue weighted by molar-refractivity contribution is -0.134. The summed E-state index contributed by atoms with van der Waals surface area (Å²) >= 11 is 0. The van der Waals surface area contributed by atoms with E-state index in [-0.39, 0.29) is 0 Å². The molecular weight excluding hydrogens is 328 g/mol. The first-order chi connectivity index (χ1) is 12.8. The molecule has 2 aliphatic heterocycles. The molecule has 1 aliphatic carbocycles. The number of aromatic nitrogens is 2. The number of rotatable bonds is 4. The van der Waals surface area contributed by atoms with Crippen LogP contribution >= 0.6 is 0 Å². The van der Waals surface area contributed by atoms with Crippen molar-refractivity contribution in [2.75, 3.05) is 63.8 Å². The summed E-state index contributed by atoms with van der Waals surface area (Å²) in [6.07, 6.45) is 9.02. The van der Waals surface area contributed by atoms with E-state index >= 15 is 0 Å². The maximum Gasteiger partial charge on any atom is 0.236 e. The van der Waals surface area contributed by atoms with Crippen LogP contribution in [0.3, 0.4) is 0 Å². The molecule has 1 aromatic heterocycles. The summed E-state index contributed by atoms with van der Waals surface area (Å²) in [7, 11) is 0. The van der Waals surface area contributed by atoms with Crippen LogP contribution in [0.5, 0.6) is 0 Å². The van der Waals surface area contributed by atoms with Gasteiger partial charge in [-0.25, -0.2) is 9.97 Å². The zero-order chi connectivity index (χ0) is 17.8. The lowest BCUT2D eigenvalue weighted by atomic mass is 10.2. The van der Waals surface area contributed by atoms with E-state index in [2.05, 4.69) is 29.6 Å². The summed E-state index contributed by atoms with van der Waals surface area (Å²) in [6, 6.07) is 2.62. The van der Waals surface area contributed by atoms with Crippen molar-refractivity contribution in [2.45, 2.75) is 31.7 Å². The van der Waals surface area contributed by atoms with Gasteiger partial charge in [-0.15, -0.1) is 0 Å². The quantitative estimate of drug-likeness (QED) is 0.789. The highest BCUT2D eigenvalue weighted by Crippen LogP contribution is 2.24. The number of nitrogens with zero attached hydrogens (tertiary/aromatic N) is 6. The fourth-order valence-corrected chi connectivity index (χ4v) is 4.46. The highest BCUT2D eigenvalue weighted by atomic mass is 16.2. The van der Waals surface area contributed by atoms with Gasteiger partial charge in [-0.1, -0.05) is 12.8 Å². The average Bonchev–Trinajstić information content (AvgIpc) is 3.24. The predicted molar refractivity (Wildman–Crippen MR) is 101 cm³/mol. The summed E-state index contributed by atoms with van der Waals surface area (Å²) in [6.45, 7) is 8.00. The van der Waals surface area contributed by atoms with Crippen molar-refractivity contribution >= 4 is 11.9 Å². The van der Waals surface area contributed by atoms with Crippen molar-refractivity contribution < 1.29 is 4.79 Å². The van der Waals surface area contributed by atoms with Gasteiger partial charge in [0.2, 0.25) is 11.9 Å². The Morgan fingerprint density at radius 3 is 2.23 bits per heavy atom. The van der Waals surface area contributed by atoms with Gasteiger partial charge in [0.15, 0.2) is 0 Å². The molecule has 1 aromatic rings. The Kier molecular flexibility index (Phi) is 5.65. The van der Waals surface area contributed by atoms with Gasteiger partial charge < -0.3 is 9.80 Å². The largest absolute Gasteiger partial charge is 0.339 e. The van der Waals surface area contributed by atoms with E-state index in [1.807, 2.05) is 6.07 Å². The van der Waals surface area contributed by atoms with Crippen LogP contribution in [0.1, 0.15) is 25.7 Å². The number of hydrogen-bond acceptors (Lipinski definition) is 6. The van der Waals surface area contributed by atoms with Gasteiger partial charge in [0, 0.05) is 70.8 Å². The standard InChI is InChI=1S/C19H30N6O/c26-18(24-14-12-23(13-15-24)17-4-1-2-5-17)16-22-8-10-25(11-9-22)19-20-6-3-7-21-19/h3,6-7,17H,1-2,4-5,8-16H2. The van der Waals surface area contributed by atoms with Crippen LogP contribution in [-0.2, 0) is 4.79 Å². The lowest BCUT2D eigenvalue weighted by Gasteiger charge is -2.39. The molecule has 0 unspecified atom stereocenters. The van der Waals surface area contributed by atoms with Gasteiger partial charge in [-0.05, 0) is 18.9 Å². The van der Waals surface area contributed by atoms with Crippen LogP contribution in [0.4, 0.5) is 5.95 Å². The molecule has 2 saturated heterocycles. The molecule has 0 radical (unpaired) electrons. The maximum atomic E-state index is 12.7. The Labute approximate surface area is 156 Å². The van der Waals surface area contributed by atoms with Crippen LogP contribution in [0.2, 0.25) is 0 Å². The smallest absolute Gasteiger partial charge is 0.236 e. The maximum absolute atomic E-state index is 12.7. The highest BCUT2D eigenvalue weighted by molar-refractivity contribution is 5.78. The third kappa shape index (κ3) is 4.15. The van der Waals surface area contributed by atoms with E-state index in [0.29, 0.717) is 12.5 Å².